The molecule has 0 amide bonds. The van der Waals surface area contributed by atoms with Crippen LogP contribution in [0.15, 0.2) is 22.7 Å². The third kappa shape index (κ3) is 3.97. The Morgan fingerprint density at radius 1 is 1.39 bits per heavy atom. The lowest BCUT2D eigenvalue weighted by Gasteiger charge is -2.29. The van der Waals surface area contributed by atoms with Gasteiger partial charge >= 0.3 is 0 Å². The Kier molecular flexibility index (Phi) is 5.53. The Morgan fingerprint density at radius 3 is 2.94 bits per heavy atom. The molecular formula is C15H21BrClN. The van der Waals surface area contributed by atoms with Crippen molar-refractivity contribution in [3.8, 4) is 0 Å². The van der Waals surface area contributed by atoms with Gasteiger partial charge in [-0.25, -0.2) is 0 Å². The van der Waals surface area contributed by atoms with Crippen LogP contribution in [0.3, 0.4) is 0 Å². The first-order chi connectivity index (χ1) is 8.69. The van der Waals surface area contributed by atoms with Crippen molar-refractivity contribution < 1.29 is 0 Å². The first-order valence-electron chi connectivity index (χ1n) is 6.86. The van der Waals surface area contributed by atoms with Crippen LogP contribution in [-0.4, -0.2) is 6.04 Å². The summed E-state index contributed by atoms with van der Waals surface area (Å²) in [5.41, 5.74) is 1.30. The fourth-order valence-electron chi connectivity index (χ4n) is 2.76. The predicted molar refractivity (Wildman–Crippen MR) is 82.0 cm³/mol. The lowest BCUT2D eigenvalue weighted by molar-refractivity contribution is 0.278. The average Bonchev–Trinajstić information content (AvgIpc) is 2.40. The summed E-state index contributed by atoms with van der Waals surface area (Å²) >= 11 is 9.47. The topological polar surface area (TPSA) is 12.0 Å². The van der Waals surface area contributed by atoms with E-state index < -0.39 is 0 Å². The van der Waals surface area contributed by atoms with E-state index in [0.717, 1.165) is 22.0 Å². The van der Waals surface area contributed by atoms with E-state index in [0.29, 0.717) is 6.04 Å². The van der Waals surface area contributed by atoms with Gasteiger partial charge in [0.1, 0.15) is 0 Å². The molecule has 1 aromatic carbocycles. The standard InChI is InChI=1S/C15H21BrClN/c1-2-11-4-3-5-13(8-11)18-10-12-6-7-15(17)14(16)9-12/h6-7,9,11,13,18H,2-5,8,10H2,1H3. The van der Waals surface area contributed by atoms with E-state index in [9.17, 15) is 0 Å². The van der Waals surface area contributed by atoms with Crippen molar-refractivity contribution in [3.05, 3.63) is 33.3 Å². The van der Waals surface area contributed by atoms with Gasteiger partial charge in [0, 0.05) is 17.1 Å². The molecule has 18 heavy (non-hydrogen) atoms. The van der Waals surface area contributed by atoms with Crippen LogP contribution >= 0.6 is 27.5 Å². The molecule has 1 saturated carbocycles. The largest absolute Gasteiger partial charge is 0.310 e. The van der Waals surface area contributed by atoms with Crippen molar-refractivity contribution in [3.63, 3.8) is 0 Å². The van der Waals surface area contributed by atoms with Crippen molar-refractivity contribution in [2.45, 2.75) is 51.6 Å². The molecule has 0 spiro atoms. The van der Waals surface area contributed by atoms with Gasteiger partial charge in [0.15, 0.2) is 0 Å². The van der Waals surface area contributed by atoms with Crippen LogP contribution in [0.25, 0.3) is 0 Å². The first kappa shape index (κ1) is 14.4. The second-order valence-corrected chi connectivity index (χ2v) is 6.53. The maximum atomic E-state index is 6.00. The molecule has 2 rings (SSSR count). The van der Waals surface area contributed by atoms with Crippen molar-refractivity contribution >= 4 is 27.5 Å². The van der Waals surface area contributed by atoms with Gasteiger partial charge in [0.2, 0.25) is 0 Å². The maximum Gasteiger partial charge on any atom is 0.0548 e. The Bertz CT molecular complexity index is 394. The summed E-state index contributed by atoms with van der Waals surface area (Å²) in [6.07, 6.45) is 6.78. The Hall–Kier alpha value is -0.0500. The van der Waals surface area contributed by atoms with Gasteiger partial charge in [-0.3, -0.25) is 0 Å². The second kappa shape index (κ2) is 6.93. The molecule has 100 valence electrons. The Morgan fingerprint density at radius 2 is 2.22 bits per heavy atom. The molecule has 0 aromatic heterocycles. The molecule has 1 aromatic rings. The van der Waals surface area contributed by atoms with Gasteiger partial charge in [-0.05, 0) is 52.4 Å². The lowest BCUT2D eigenvalue weighted by Crippen LogP contribution is -2.33. The molecule has 1 aliphatic rings. The molecule has 0 aliphatic heterocycles. The maximum absolute atomic E-state index is 6.00. The lowest BCUT2D eigenvalue weighted by atomic mass is 9.84. The van der Waals surface area contributed by atoms with Gasteiger partial charge in [-0.2, -0.15) is 0 Å². The van der Waals surface area contributed by atoms with Crippen molar-refractivity contribution in [1.82, 2.24) is 5.32 Å². The van der Waals surface area contributed by atoms with E-state index in [1.807, 2.05) is 6.07 Å². The van der Waals surface area contributed by atoms with Gasteiger partial charge in [0.25, 0.3) is 0 Å². The molecular weight excluding hydrogens is 310 g/mol. The molecule has 0 heterocycles. The summed E-state index contributed by atoms with van der Waals surface area (Å²) < 4.78 is 0.985. The molecule has 3 heteroatoms. The number of hydrogen-bond acceptors (Lipinski definition) is 1. The molecule has 2 atom stereocenters. The number of halogens is 2. The summed E-state index contributed by atoms with van der Waals surface area (Å²) in [5, 5.41) is 4.47. The van der Waals surface area contributed by atoms with Crippen molar-refractivity contribution in [2.75, 3.05) is 0 Å². The summed E-state index contributed by atoms with van der Waals surface area (Å²) in [4.78, 5) is 0. The quantitative estimate of drug-likeness (QED) is 0.804. The van der Waals surface area contributed by atoms with E-state index in [4.69, 9.17) is 11.6 Å². The van der Waals surface area contributed by atoms with E-state index in [1.54, 1.807) is 0 Å². The third-order valence-electron chi connectivity index (χ3n) is 3.94. The molecule has 1 fully saturated rings. The highest BCUT2D eigenvalue weighted by Crippen LogP contribution is 2.27. The Balaban J connectivity index is 1.85. The fourth-order valence-corrected chi connectivity index (χ4v) is 3.30. The third-order valence-corrected chi connectivity index (χ3v) is 5.15. The average molecular weight is 331 g/mol. The van der Waals surface area contributed by atoms with Crippen LogP contribution in [-0.2, 0) is 6.54 Å². The molecule has 0 bridgehead atoms. The fraction of sp³-hybridized carbons (Fsp3) is 0.600. The minimum atomic E-state index is 0.693. The number of nitrogens with one attached hydrogen (secondary N) is 1. The smallest absolute Gasteiger partial charge is 0.0548 e. The van der Waals surface area contributed by atoms with Crippen molar-refractivity contribution in [2.24, 2.45) is 5.92 Å². The minimum Gasteiger partial charge on any atom is -0.310 e. The summed E-state index contributed by atoms with van der Waals surface area (Å²) in [7, 11) is 0. The SMILES string of the molecule is CCC1CCCC(NCc2ccc(Cl)c(Br)c2)C1. The number of benzene rings is 1. The van der Waals surface area contributed by atoms with Crippen molar-refractivity contribution in [1.29, 1.82) is 0 Å². The van der Waals surface area contributed by atoms with Crippen LogP contribution in [0, 0.1) is 5.92 Å². The monoisotopic (exact) mass is 329 g/mol. The van der Waals surface area contributed by atoms with Gasteiger partial charge in [-0.1, -0.05) is 43.9 Å². The predicted octanol–water partition coefficient (Wildman–Crippen LogP) is 5.16. The molecule has 0 saturated heterocycles. The summed E-state index contributed by atoms with van der Waals surface area (Å²) in [6.45, 7) is 3.25. The van der Waals surface area contributed by atoms with Crippen LogP contribution < -0.4 is 5.32 Å². The molecule has 0 radical (unpaired) electrons. The molecule has 1 N–H and O–H groups in total. The molecule has 1 nitrogen and oxygen atoms in total. The van der Waals surface area contributed by atoms with Gasteiger partial charge in [0.05, 0.1) is 5.02 Å². The highest BCUT2D eigenvalue weighted by Gasteiger charge is 2.19. The van der Waals surface area contributed by atoms with Crippen LogP contribution in [0.1, 0.15) is 44.6 Å². The highest BCUT2D eigenvalue weighted by atomic mass is 79.9. The van der Waals surface area contributed by atoms with E-state index in [1.165, 1.54) is 37.7 Å². The molecule has 2 unspecified atom stereocenters. The van der Waals surface area contributed by atoms with E-state index in [2.05, 4.69) is 40.3 Å². The minimum absolute atomic E-state index is 0.693. The highest BCUT2D eigenvalue weighted by molar-refractivity contribution is 9.10. The first-order valence-corrected chi connectivity index (χ1v) is 8.03. The van der Waals surface area contributed by atoms with E-state index >= 15 is 0 Å². The molecule has 1 aliphatic carbocycles. The van der Waals surface area contributed by atoms with Gasteiger partial charge in [-0.15, -0.1) is 0 Å². The zero-order valence-corrected chi connectivity index (χ0v) is 13.2. The van der Waals surface area contributed by atoms with Crippen LogP contribution in [0.2, 0.25) is 5.02 Å². The second-order valence-electron chi connectivity index (χ2n) is 5.27. The zero-order chi connectivity index (χ0) is 13.0. The number of hydrogen-bond donors (Lipinski definition) is 1. The summed E-state index contributed by atoms with van der Waals surface area (Å²) in [5.74, 6) is 0.924. The normalized spacial score (nSPS) is 24.2. The van der Waals surface area contributed by atoms with Crippen LogP contribution in [0.4, 0.5) is 0 Å². The van der Waals surface area contributed by atoms with Gasteiger partial charge < -0.3 is 5.32 Å². The van der Waals surface area contributed by atoms with E-state index in [-0.39, 0.29) is 0 Å². The zero-order valence-electron chi connectivity index (χ0n) is 10.9. The van der Waals surface area contributed by atoms with Crippen LogP contribution in [0.5, 0.6) is 0 Å². The summed E-state index contributed by atoms with van der Waals surface area (Å²) in [6, 6.07) is 6.85. The number of rotatable bonds is 4. The Labute approximate surface area is 123 Å².